The first-order chi connectivity index (χ1) is 8.31. The number of pyridine rings is 1. The Balaban J connectivity index is 2.33. The molecule has 17 heavy (non-hydrogen) atoms. The Labute approximate surface area is 96.6 Å². The first-order valence-electron chi connectivity index (χ1n) is 4.68. The highest BCUT2D eigenvalue weighted by Crippen LogP contribution is 2.19. The van der Waals surface area contributed by atoms with Crippen LogP contribution in [0.1, 0.15) is 5.69 Å². The number of nitrogens with two attached hydrogens (primary N) is 1. The quantitative estimate of drug-likeness (QED) is 0.349. The number of nitrogens with zero attached hydrogens (tertiary/aromatic N) is 4. The molecule has 0 bridgehead atoms. The molecule has 7 heteroatoms. The molecule has 86 valence electrons. The third-order valence-corrected chi connectivity index (χ3v) is 1.86. The second kappa shape index (κ2) is 4.88. The normalized spacial score (nSPS) is 11.2. The number of rotatable bonds is 3. The maximum Gasteiger partial charge on any atom is 0.249 e. The Morgan fingerprint density at radius 1 is 1.29 bits per heavy atom. The maximum absolute atomic E-state index is 8.61. The van der Waals surface area contributed by atoms with Gasteiger partial charge in [0.25, 0.3) is 0 Å². The van der Waals surface area contributed by atoms with E-state index in [9.17, 15) is 0 Å². The summed E-state index contributed by atoms with van der Waals surface area (Å²) in [4.78, 5) is 11.8. The average Bonchev–Trinajstić information content (AvgIpc) is 2.40. The Morgan fingerprint density at radius 3 is 2.82 bits per heavy atom. The van der Waals surface area contributed by atoms with E-state index in [0.29, 0.717) is 5.75 Å². The molecule has 0 unspecified atom stereocenters. The number of hydrogen-bond acceptors (Lipinski definition) is 6. The van der Waals surface area contributed by atoms with Gasteiger partial charge in [-0.3, -0.25) is 4.98 Å². The molecule has 0 saturated heterocycles. The van der Waals surface area contributed by atoms with Crippen LogP contribution in [0.3, 0.4) is 0 Å². The van der Waals surface area contributed by atoms with E-state index in [1.165, 1.54) is 18.6 Å². The number of aromatic nitrogens is 3. The highest BCUT2D eigenvalue weighted by Gasteiger charge is 2.11. The summed E-state index contributed by atoms with van der Waals surface area (Å²) < 4.78 is 5.42. The lowest BCUT2D eigenvalue weighted by Gasteiger charge is -2.06. The van der Waals surface area contributed by atoms with Gasteiger partial charge in [-0.15, -0.1) is 0 Å². The molecule has 3 N–H and O–H groups in total. The van der Waals surface area contributed by atoms with Gasteiger partial charge < -0.3 is 15.7 Å². The molecule has 0 aromatic carbocycles. The molecule has 7 nitrogen and oxygen atoms in total. The van der Waals surface area contributed by atoms with Gasteiger partial charge in [-0.25, -0.2) is 9.97 Å². The fourth-order valence-corrected chi connectivity index (χ4v) is 1.14. The predicted molar refractivity (Wildman–Crippen MR) is 58.9 cm³/mol. The highest BCUT2D eigenvalue weighted by molar-refractivity contribution is 5.97. The molecule has 0 aliphatic heterocycles. The van der Waals surface area contributed by atoms with Crippen molar-refractivity contribution in [3.8, 4) is 11.6 Å². The third-order valence-electron chi connectivity index (χ3n) is 1.86. The molecule has 0 radical (unpaired) electrons. The lowest BCUT2D eigenvalue weighted by atomic mass is 10.4. The summed E-state index contributed by atoms with van der Waals surface area (Å²) in [6, 6.07) is 3.42. The van der Waals surface area contributed by atoms with E-state index in [0.717, 1.165) is 0 Å². The topological polar surface area (TPSA) is 107 Å². The van der Waals surface area contributed by atoms with Gasteiger partial charge >= 0.3 is 0 Å². The summed E-state index contributed by atoms with van der Waals surface area (Å²) >= 11 is 0. The van der Waals surface area contributed by atoms with Crippen LogP contribution in [0.4, 0.5) is 0 Å². The van der Waals surface area contributed by atoms with Gasteiger partial charge in [0.05, 0.1) is 6.20 Å². The van der Waals surface area contributed by atoms with E-state index in [-0.39, 0.29) is 17.4 Å². The van der Waals surface area contributed by atoms with Crippen molar-refractivity contribution >= 4 is 5.84 Å². The lowest BCUT2D eigenvalue weighted by Crippen LogP contribution is -2.16. The largest absolute Gasteiger partial charge is 0.435 e. The molecule has 2 rings (SSSR count). The molecule has 0 atom stereocenters. The second-order valence-corrected chi connectivity index (χ2v) is 2.99. The Bertz CT molecular complexity index is 529. The summed E-state index contributed by atoms with van der Waals surface area (Å²) in [6.45, 7) is 0. The van der Waals surface area contributed by atoms with Crippen LogP contribution in [0.15, 0.2) is 42.1 Å². The fourth-order valence-electron chi connectivity index (χ4n) is 1.14. The molecule has 0 aliphatic carbocycles. The Kier molecular flexibility index (Phi) is 3.10. The van der Waals surface area contributed by atoms with Gasteiger partial charge in [0.2, 0.25) is 5.88 Å². The lowest BCUT2D eigenvalue weighted by molar-refractivity contribution is 0.318. The zero-order valence-electron chi connectivity index (χ0n) is 8.69. The van der Waals surface area contributed by atoms with Gasteiger partial charge in [0, 0.05) is 18.6 Å². The van der Waals surface area contributed by atoms with Gasteiger partial charge in [-0.1, -0.05) is 5.16 Å². The summed E-state index contributed by atoms with van der Waals surface area (Å²) in [5.74, 6) is 0.466. The minimum atomic E-state index is -0.169. The van der Waals surface area contributed by atoms with Gasteiger partial charge in [-0.2, -0.15) is 0 Å². The van der Waals surface area contributed by atoms with Crippen LogP contribution in [0.5, 0.6) is 11.6 Å². The van der Waals surface area contributed by atoms with Crippen LogP contribution in [0.2, 0.25) is 0 Å². The first-order valence-corrected chi connectivity index (χ1v) is 4.68. The monoisotopic (exact) mass is 231 g/mol. The van der Waals surface area contributed by atoms with Crippen LogP contribution in [0.25, 0.3) is 0 Å². The van der Waals surface area contributed by atoms with Crippen molar-refractivity contribution in [1.82, 2.24) is 15.0 Å². The molecule has 0 amide bonds. The Morgan fingerprint density at radius 2 is 2.12 bits per heavy atom. The van der Waals surface area contributed by atoms with E-state index in [4.69, 9.17) is 15.7 Å². The van der Waals surface area contributed by atoms with Crippen molar-refractivity contribution in [2.75, 3.05) is 0 Å². The van der Waals surface area contributed by atoms with Crippen LogP contribution >= 0.6 is 0 Å². The smallest absolute Gasteiger partial charge is 0.249 e. The molecule has 0 spiro atoms. The number of oxime groups is 1. The molecule has 0 aliphatic rings. The second-order valence-electron chi connectivity index (χ2n) is 2.99. The van der Waals surface area contributed by atoms with Crippen molar-refractivity contribution < 1.29 is 9.94 Å². The van der Waals surface area contributed by atoms with Gasteiger partial charge in [0.15, 0.2) is 11.5 Å². The zero-order chi connectivity index (χ0) is 12.1. The van der Waals surface area contributed by atoms with Crippen LogP contribution in [-0.4, -0.2) is 26.0 Å². The van der Waals surface area contributed by atoms with Crippen molar-refractivity contribution in [3.05, 3.63) is 42.6 Å². The molecule has 2 aromatic rings. The molecule has 0 fully saturated rings. The van der Waals surface area contributed by atoms with Crippen LogP contribution in [0, 0.1) is 0 Å². The van der Waals surface area contributed by atoms with E-state index in [1.54, 1.807) is 18.3 Å². The third kappa shape index (κ3) is 2.46. The number of ether oxygens (including phenoxy) is 1. The van der Waals surface area contributed by atoms with Crippen molar-refractivity contribution in [3.63, 3.8) is 0 Å². The van der Waals surface area contributed by atoms with E-state index in [2.05, 4.69) is 20.1 Å². The molecular weight excluding hydrogens is 222 g/mol. The van der Waals surface area contributed by atoms with Crippen molar-refractivity contribution in [2.24, 2.45) is 10.9 Å². The summed E-state index contributed by atoms with van der Waals surface area (Å²) in [5.41, 5.74) is 5.62. The highest BCUT2D eigenvalue weighted by atomic mass is 16.5. The summed E-state index contributed by atoms with van der Waals surface area (Å²) in [6.07, 6.45) is 6.00. The Hall–Kier alpha value is -2.70. The fraction of sp³-hybridized carbons (Fsp3) is 0. The van der Waals surface area contributed by atoms with Gasteiger partial charge in [-0.05, 0) is 12.1 Å². The van der Waals surface area contributed by atoms with Crippen molar-refractivity contribution in [1.29, 1.82) is 0 Å². The molecule has 2 aromatic heterocycles. The molecule has 0 saturated carbocycles. The predicted octanol–water partition coefficient (Wildman–Crippen LogP) is 0.758. The SMILES string of the molecule is N/C(=N/O)c1nccnc1Oc1cccnc1. The van der Waals surface area contributed by atoms with Crippen LogP contribution in [-0.2, 0) is 0 Å². The molecular formula is C10H9N5O2. The summed E-state index contributed by atoms with van der Waals surface area (Å²) in [7, 11) is 0. The minimum absolute atomic E-state index is 0.149. The summed E-state index contributed by atoms with van der Waals surface area (Å²) in [5, 5.41) is 11.5. The minimum Gasteiger partial charge on any atom is -0.435 e. The maximum atomic E-state index is 8.61. The number of hydrogen-bond donors (Lipinski definition) is 2. The average molecular weight is 231 g/mol. The van der Waals surface area contributed by atoms with Crippen molar-refractivity contribution in [2.45, 2.75) is 0 Å². The van der Waals surface area contributed by atoms with E-state index in [1.807, 2.05) is 0 Å². The standard InChI is InChI=1S/C10H9N5O2/c11-9(15-16)8-10(14-5-4-13-8)17-7-2-1-3-12-6-7/h1-6,16H,(H2,11,15). The molecule has 2 heterocycles. The van der Waals surface area contributed by atoms with E-state index < -0.39 is 0 Å². The number of amidine groups is 1. The first kappa shape index (κ1) is 10.8. The van der Waals surface area contributed by atoms with E-state index >= 15 is 0 Å². The van der Waals surface area contributed by atoms with Gasteiger partial charge in [0.1, 0.15) is 5.75 Å². The van der Waals surface area contributed by atoms with Crippen LogP contribution < -0.4 is 10.5 Å². The zero-order valence-corrected chi connectivity index (χ0v) is 8.69.